The molecule has 1 saturated heterocycles. The summed E-state index contributed by atoms with van der Waals surface area (Å²) in [4.78, 5) is 11.3. The molecule has 0 aliphatic carbocycles. The molecule has 0 spiro atoms. The first kappa shape index (κ1) is 13.6. The summed E-state index contributed by atoms with van der Waals surface area (Å²) in [6.07, 6.45) is 2.03. The number of anilines is 1. The fraction of sp³-hybridized carbons (Fsp3) is 0.571. The Bertz CT molecular complexity index is 593. The quantitative estimate of drug-likeness (QED) is 0.939. The number of aryl methyl sites for hydroxylation is 1. The first-order valence-corrected chi connectivity index (χ1v) is 7.84. The van der Waals surface area contributed by atoms with Crippen LogP contribution in [0.5, 0.6) is 5.88 Å². The molecule has 1 fully saturated rings. The molecular weight excluding hydrogens is 274 g/mol. The first-order chi connectivity index (χ1) is 9.76. The van der Waals surface area contributed by atoms with Gasteiger partial charge in [-0.05, 0) is 19.9 Å². The summed E-state index contributed by atoms with van der Waals surface area (Å²) in [5, 5.41) is 4.18. The summed E-state index contributed by atoms with van der Waals surface area (Å²) in [6, 6.07) is 2.10. The van der Waals surface area contributed by atoms with Crippen LogP contribution in [-0.2, 0) is 4.74 Å². The Morgan fingerprint density at radius 3 is 2.95 bits per heavy atom. The van der Waals surface area contributed by atoms with E-state index in [4.69, 9.17) is 9.47 Å². The third-order valence-corrected chi connectivity index (χ3v) is 4.21. The Kier molecular flexibility index (Phi) is 4.03. The van der Waals surface area contributed by atoms with Crippen LogP contribution in [0.15, 0.2) is 6.07 Å². The van der Waals surface area contributed by atoms with Crippen molar-refractivity contribution in [1.29, 1.82) is 0 Å². The van der Waals surface area contributed by atoms with E-state index in [9.17, 15) is 0 Å². The third kappa shape index (κ3) is 2.86. The van der Waals surface area contributed by atoms with Gasteiger partial charge in [-0.25, -0.2) is 4.98 Å². The summed E-state index contributed by atoms with van der Waals surface area (Å²) in [5.41, 5.74) is 0. The van der Waals surface area contributed by atoms with Crippen molar-refractivity contribution in [3.05, 3.63) is 10.9 Å². The maximum atomic E-state index is 6.10. The minimum absolute atomic E-state index is 0.191. The van der Waals surface area contributed by atoms with Gasteiger partial charge < -0.3 is 14.8 Å². The van der Waals surface area contributed by atoms with Crippen LogP contribution in [0.3, 0.4) is 0 Å². The molecular formula is C14H19N3O2S. The maximum Gasteiger partial charge on any atom is 0.227 e. The van der Waals surface area contributed by atoms with E-state index in [0.717, 1.165) is 42.8 Å². The molecule has 6 heteroatoms. The molecule has 0 radical (unpaired) electrons. The molecule has 5 nitrogen and oxygen atoms in total. The second-order valence-corrected chi connectivity index (χ2v) is 6.12. The van der Waals surface area contributed by atoms with Crippen molar-refractivity contribution in [3.8, 4) is 5.88 Å². The van der Waals surface area contributed by atoms with Crippen LogP contribution in [0.1, 0.15) is 24.6 Å². The van der Waals surface area contributed by atoms with Crippen molar-refractivity contribution >= 4 is 27.5 Å². The van der Waals surface area contributed by atoms with E-state index in [1.807, 2.05) is 6.92 Å². The molecule has 1 aliphatic rings. The van der Waals surface area contributed by atoms with E-state index in [0.29, 0.717) is 11.8 Å². The highest BCUT2D eigenvalue weighted by atomic mass is 32.1. The van der Waals surface area contributed by atoms with Gasteiger partial charge >= 0.3 is 0 Å². The molecule has 2 aromatic rings. The van der Waals surface area contributed by atoms with Crippen molar-refractivity contribution in [1.82, 2.24) is 9.97 Å². The largest absolute Gasteiger partial charge is 0.474 e. The molecule has 1 aliphatic heterocycles. The van der Waals surface area contributed by atoms with Gasteiger partial charge in [0, 0.05) is 24.3 Å². The summed E-state index contributed by atoms with van der Waals surface area (Å²) < 4.78 is 11.5. The van der Waals surface area contributed by atoms with Gasteiger partial charge in [-0.2, -0.15) is 4.98 Å². The maximum absolute atomic E-state index is 6.10. The van der Waals surface area contributed by atoms with E-state index in [1.165, 1.54) is 4.88 Å². The van der Waals surface area contributed by atoms with E-state index in [1.54, 1.807) is 11.3 Å². The van der Waals surface area contributed by atoms with Gasteiger partial charge in [0.25, 0.3) is 0 Å². The smallest absolute Gasteiger partial charge is 0.227 e. The van der Waals surface area contributed by atoms with Crippen LogP contribution < -0.4 is 10.1 Å². The monoisotopic (exact) mass is 293 g/mol. The standard InChI is InChI=1S/C14H19N3O2S/c1-3-15-14-16-12(19-10-4-6-18-7-5-10)11-8-9(2)20-13(11)17-14/h8,10H,3-7H2,1-2H3,(H,15,16,17). The lowest BCUT2D eigenvalue weighted by molar-refractivity contribution is 0.0244. The van der Waals surface area contributed by atoms with Gasteiger partial charge in [0.05, 0.1) is 18.6 Å². The molecule has 0 atom stereocenters. The van der Waals surface area contributed by atoms with Crippen LogP contribution in [0.4, 0.5) is 5.95 Å². The fourth-order valence-corrected chi connectivity index (χ4v) is 3.16. The lowest BCUT2D eigenvalue weighted by Gasteiger charge is -2.23. The molecule has 0 saturated carbocycles. The van der Waals surface area contributed by atoms with Gasteiger partial charge in [-0.1, -0.05) is 0 Å². The SMILES string of the molecule is CCNc1nc(OC2CCOCC2)c2cc(C)sc2n1. The number of fused-ring (bicyclic) bond motifs is 1. The molecule has 3 rings (SSSR count). The lowest BCUT2D eigenvalue weighted by Crippen LogP contribution is -2.26. The topological polar surface area (TPSA) is 56.3 Å². The number of ether oxygens (including phenoxy) is 2. The molecule has 3 heterocycles. The third-order valence-electron chi connectivity index (χ3n) is 3.26. The van der Waals surface area contributed by atoms with Gasteiger partial charge in [0.2, 0.25) is 11.8 Å². The van der Waals surface area contributed by atoms with Gasteiger partial charge in [-0.15, -0.1) is 11.3 Å². The molecule has 0 amide bonds. The Morgan fingerprint density at radius 2 is 2.20 bits per heavy atom. The zero-order chi connectivity index (χ0) is 13.9. The highest BCUT2D eigenvalue weighted by molar-refractivity contribution is 7.18. The summed E-state index contributed by atoms with van der Waals surface area (Å²) in [7, 11) is 0. The van der Waals surface area contributed by atoms with Crippen LogP contribution >= 0.6 is 11.3 Å². The first-order valence-electron chi connectivity index (χ1n) is 7.02. The highest BCUT2D eigenvalue weighted by Gasteiger charge is 2.19. The van der Waals surface area contributed by atoms with Crippen LogP contribution in [0.25, 0.3) is 10.2 Å². The zero-order valence-electron chi connectivity index (χ0n) is 11.8. The molecule has 0 aromatic carbocycles. The van der Waals surface area contributed by atoms with Crippen LogP contribution in [0, 0.1) is 6.92 Å². The minimum Gasteiger partial charge on any atom is -0.474 e. The van der Waals surface area contributed by atoms with Crippen molar-refractivity contribution in [2.75, 3.05) is 25.1 Å². The Morgan fingerprint density at radius 1 is 1.40 bits per heavy atom. The lowest BCUT2D eigenvalue weighted by atomic mass is 10.1. The molecule has 2 aromatic heterocycles. The van der Waals surface area contributed by atoms with Crippen LogP contribution in [-0.4, -0.2) is 35.8 Å². The Labute approximate surface area is 122 Å². The van der Waals surface area contributed by atoms with E-state index < -0.39 is 0 Å². The number of hydrogen-bond acceptors (Lipinski definition) is 6. The molecule has 108 valence electrons. The summed E-state index contributed by atoms with van der Waals surface area (Å²) in [6.45, 7) is 6.44. The molecule has 20 heavy (non-hydrogen) atoms. The number of nitrogens with one attached hydrogen (secondary N) is 1. The minimum atomic E-state index is 0.191. The van der Waals surface area contributed by atoms with E-state index in [-0.39, 0.29) is 6.10 Å². The predicted molar refractivity (Wildman–Crippen MR) is 80.8 cm³/mol. The number of rotatable bonds is 4. The normalized spacial score (nSPS) is 16.5. The summed E-state index contributed by atoms with van der Waals surface area (Å²) >= 11 is 1.67. The Balaban J connectivity index is 1.93. The average Bonchev–Trinajstić information content (AvgIpc) is 2.81. The van der Waals surface area contributed by atoms with Crippen molar-refractivity contribution < 1.29 is 9.47 Å². The summed E-state index contributed by atoms with van der Waals surface area (Å²) in [5.74, 6) is 1.34. The number of aromatic nitrogens is 2. The van der Waals surface area contributed by atoms with Gasteiger partial charge in [0.15, 0.2) is 0 Å². The second-order valence-electron chi connectivity index (χ2n) is 4.89. The number of nitrogens with zero attached hydrogens (tertiary/aromatic N) is 2. The van der Waals surface area contributed by atoms with Crippen molar-refractivity contribution in [2.24, 2.45) is 0 Å². The van der Waals surface area contributed by atoms with Gasteiger partial charge in [0.1, 0.15) is 10.9 Å². The van der Waals surface area contributed by atoms with E-state index in [2.05, 4.69) is 28.3 Å². The van der Waals surface area contributed by atoms with Crippen molar-refractivity contribution in [3.63, 3.8) is 0 Å². The highest BCUT2D eigenvalue weighted by Crippen LogP contribution is 2.32. The number of hydrogen-bond donors (Lipinski definition) is 1. The molecule has 1 N–H and O–H groups in total. The fourth-order valence-electron chi connectivity index (χ4n) is 2.29. The average molecular weight is 293 g/mol. The zero-order valence-corrected chi connectivity index (χ0v) is 12.6. The van der Waals surface area contributed by atoms with Crippen LogP contribution in [0.2, 0.25) is 0 Å². The van der Waals surface area contributed by atoms with E-state index >= 15 is 0 Å². The number of thiophene rings is 1. The molecule has 0 bridgehead atoms. The molecule has 0 unspecified atom stereocenters. The predicted octanol–water partition coefficient (Wildman–Crippen LogP) is 2.99. The Hall–Kier alpha value is -1.40. The second kappa shape index (κ2) is 5.93. The van der Waals surface area contributed by atoms with Crippen molar-refractivity contribution in [2.45, 2.75) is 32.8 Å². The van der Waals surface area contributed by atoms with Gasteiger partial charge in [-0.3, -0.25) is 0 Å².